The van der Waals surface area contributed by atoms with Crippen molar-refractivity contribution < 1.29 is 4.42 Å². The SMILES string of the molecule is CC1(C)c2ccc(-c3ccc(-c4nc(-c5ccccc5)nc(-c5ccccc5)n4)cc3)cc2-c2ccc3oc4ccccc4c3c21. The molecular weight excluding hydrogens is 562 g/mol. The van der Waals surface area contributed by atoms with E-state index < -0.39 is 0 Å². The van der Waals surface area contributed by atoms with Gasteiger partial charge in [0.15, 0.2) is 17.5 Å². The monoisotopic (exact) mass is 591 g/mol. The summed E-state index contributed by atoms with van der Waals surface area (Å²) in [5, 5.41) is 2.40. The fourth-order valence-electron chi connectivity index (χ4n) is 7.07. The second-order valence-electron chi connectivity index (χ2n) is 12.5. The summed E-state index contributed by atoms with van der Waals surface area (Å²) in [5.74, 6) is 1.97. The molecule has 8 aromatic rings. The van der Waals surface area contributed by atoms with Gasteiger partial charge in [-0.25, -0.2) is 15.0 Å². The number of rotatable bonds is 4. The van der Waals surface area contributed by atoms with Gasteiger partial charge in [-0.05, 0) is 51.6 Å². The van der Waals surface area contributed by atoms with Gasteiger partial charge in [0.25, 0.3) is 0 Å². The molecule has 4 nitrogen and oxygen atoms in total. The summed E-state index contributed by atoms with van der Waals surface area (Å²) in [5.41, 5.74) is 12.2. The minimum atomic E-state index is -0.148. The Hall–Kier alpha value is -5.87. The van der Waals surface area contributed by atoms with E-state index in [-0.39, 0.29) is 5.41 Å². The lowest BCUT2D eigenvalue weighted by molar-refractivity contribution is 0.657. The van der Waals surface area contributed by atoms with E-state index in [1.165, 1.54) is 38.6 Å². The zero-order valence-corrected chi connectivity index (χ0v) is 25.5. The smallest absolute Gasteiger partial charge is 0.164 e. The molecule has 6 aromatic carbocycles. The first-order valence-electron chi connectivity index (χ1n) is 15.6. The van der Waals surface area contributed by atoms with E-state index in [1.54, 1.807) is 0 Å². The van der Waals surface area contributed by atoms with Crippen LogP contribution in [-0.2, 0) is 5.41 Å². The van der Waals surface area contributed by atoms with Crippen molar-refractivity contribution in [1.29, 1.82) is 0 Å². The van der Waals surface area contributed by atoms with E-state index in [2.05, 4.69) is 86.6 Å². The highest BCUT2D eigenvalue weighted by atomic mass is 16.3. The van der Waals surface area contributed by atoms with Crippen molar-refractivity contribution >= 4 is 21.9 Å². The molecule has 0 spiro atoms. The highest BCUT2D eigenvalue weighted by molar-refractivity contribution is 6.11. The van der Waals surface area contributed by atoms with Gasteiger partial charge < -0.3 is 4.42 Å². The normalized spacial score (nSPS) is 13.2. The zero-order chi connectivity index (χ0) is 30.8. The van der Waals surface area contributed by atoms with Crippen LogP contribution in [0.3, 0.4) is 0 Å². The van der Waals surface area contributed by atoms with Crippen LogP contribution in [0.1, 0.15) is 25.0 Å². The summed E-state index contributed by atoms with van der Waals surface area (Å²) in [6.45, 7) is 4.66. The summed E-state index contributed by atoms with van der Waals surface area (Å²) in [7, 11) is 0. The molecule has 218 valence electrons. The Morgan fingerprint density at radius 2 is 1.00 bits per heavy atom. The number of fused-ring (bicyclic) bond motifs is 7. The maximum absolute atomic E-state index is 6.26. The van der Waals surface area contributed by atoms with Gasteiger partial charge in [0, 0.05) is 32.9 Å². The Morgan fingerprint density at radius 1 is 0.457 bits per heavy atom. The third-order valence-corrected chi connectivity index (χ3v) is 9.33. The van der Waals surface area contributed by atoms with E-state index in [9.17, 15) is 0 Å². The van der Waals surface area contributed by atoms with Gasteiger partial charge in [-0.15, -0.1) is 0 Å². The predicted molar refractivity (Wildman–Crippen MR) is 186 cm³/mol. The van der Waals surface area contributed by atoms with Crippen LogP contribution in [0.5, 0.6) is 0 Å². The molecule has 46 heavy (non-hydrogen) atoms. The molecule has 0 saturated carbocycles. The van der Waals surface area contributed by atoms with E-state index >= 15 is 0 Å². The second kappa shape index (κ2) is 10.1. The first-order chi connectivity index (χ1) is 22.5. The van der Waals surface area contributed by atoms with Gasteiger partial charge in [-0.1, -0.05) is 135 Å². The number of para-hydroxylation sites is 1. The number of nitrogens with zero attached hydrogens (tertiary/aromatic N) is 3. The van der Waals surface area contributed by atoms with Crippen LogP contribution in [0, 0.1) is 0 Å². The van der Waals surface area contributed by atoms with Crippen LogP contribution in [0.15, 0.2) is 144 Å². The van der Waals surface area contributed by atoms with Crippen LogP contribution >= 0.6 is 0 Å². The van der Waals surface area contributed by atoms with Gasteiger partial charge in [-0.2, -0.15) is 0 Å². The Labute approximate surface area is 267 Å². The number of hydrogen-bond donors (Lipinski definition) is 0. The fourth-order valence-corrected chi connectivity index (χ4v) is 7.07. The second-order valence-corrected chi connectivity index (χ2v) is 12.5. The summed E-state index contributed by atoms with van der Waals surface area (Å²) >= 11 is 0. The molecule has 0 aliphatic heterocycles. The molecule has 1 aliphatic carbocycles. The topological polar surface area (TPSA) is 51.8 Å². The minimum Gasteiger partial charge on any atom is -0.456 e. The average Bonchev–Trinajstić information content (AvgIpc) is 3.60. The molecule has 2 heterocycles. The van der Waals surface area contributed by atoms with Gasteiger partial charge in [-0.3, -0.25) is 0 Å². The van der Waals surface area contributed by atoms with Crippen LogP contribution in [0.2, 0.25) is 0 Å². The molecule has 0 atom stereocenters. The van der Waals surface area contributed by atoms with Crippen molar-refractivity contribution in [3.8, 4) is 56.4 Å². The van der Waals surface area contributed by atoms with Gasteiger partial charge in [0.1, 0.15) is 11.2 Å². The molecule has 0 saturated heterocycles. The molecule has 2 aromatic heterocycles. The molecule has 0 N–H and O–H groups in total. The van der Waals surface area contributed by atoms with Gasteiger partial charge in [0.05, 0.1) is 0 Å². The van der Waals surface area contributed by atoms with Crippen molar-refractivity contribution in [1.82, 2.24) is 15.0 Å². The third kappa shape index (κ3) is 4.11. The highest BCUT2D eigenvalue weighted by Gasteiger charge is 2.38. The Kier molecular flexibility index (Phi) is 5.81. The molecule has 1 aliphatic rings. The lowest BCUT2D eigenvalue weighted by Crippen LogP contribution is -2.15. The standard InChI is InChI=1S/C42H29N3O/c1-42(2)34-23-21-30(25-33(34)31-22-24-36-37(38(31)42)32-15-9-10-16-35(32)46-36)26-17-19-29(20-18-26)41-44-39(27-11-5-3-6-12-27)43-40(45-41)28-13-7-4-8-14-28/h3-25H,1-2H3. The zero-order valence-electron chi connectivity index (χ0n) is 25.5. The van der Waals surface area contributed by atoms with Crippen LogP contribution in [-0.4, -0.2) is 15.0 Å². The first kappa shape index (κ1) is 26.5. The van der Waals surface area contributed by atoms with Crippen LogP contribution in [0.25, 0.3) is 78.4 Å². The Morgan fingerprint density at radius 3 is 1.65 bits per heavy atom. The van der Waals surface area contributed by atoms with E-state index in [1.807, 2.05) is 66.7 Å². The molecule has 0 amide bonds. The van der Waals surface area contributed by atoms with Crippen molar-refractivity contribution in [3.05, 3.63) is 151 Å². The van der Waals surface area contributed by atoms with E-state index in [0.717, 1.165) is 33.4 Å². The Bertz CT molecular complexity index is 2370. The van der Waals surface area contributed by atoms with E-state index in [0.29, 0.717) is 17.5 Å². The molecule has 9 rings (SSSR count). The van der Waals surface area contributed by atoms with Gasteiger partial charge in [0.2, 0.25) is 0 Å². The molecular formula is C42H29N3O. The number of hydrogen-bond acceptors (Lipinski definition) is 4. The minimum absolute atomic E-state index is 0.148. The third-order valence-electron chi connectivity index (χ3n) is 9.33. The van der Waals surface area contributed by atoms with Crippen molar-refractivity contribution in [2.24, 2.45) is 0 Å². The quantitative estimate of drug-likeness (QED) is 0.204. The number of benzene rings is 6. The molecule has 0 unspecified atom stereocenters. The molecule has 4 heteroatoms. The van der Waals surface area contributed by atoms with Crippen molar-refractivity contribution in [2.45, 2.75) is 19.3 Å². The Balaban J connectivity index is 1.12. The van der Waals surface area contributed by atoms with E-state index in [4.69, 9.17) is 19.4 Å². The fraction of sp³-hybridized carbons (Fsp3) is 0.0714. The highest BCUT2D eigenvalue weighted by Crippen LogP contribution is 2.53. The number of aromatic nitrogens is 3. The maximum Gasteiger partial charge on any atom is 0.164 e. The molecule has 0 fully saturated rings. The lowest BCUT2D eigenvalue weighted by atomic mass is 9.80. The number of furan rings is 1. The first-order valence-corrected chi connectivity index (χ1v) is 15.6. The predicted octanol–water partition coefficient (Wildman–Crippen LogP) is 10.7. The van der Waals surface area contributed by atoms with Crippen LogP contribution < -0.4 is 0 Å². The maximum atomic E-state index is 6.26. The summed E-state index contributed by atoms with van der Waals surface area (Å²) in [6, 6.07) is 48.3. The summed E-state index contributed by atoms with van der Waals surface area (Å²) < 4.78 is 6.26. The molecule has 0 bridgehead atoms. The summed E-state index contributed by atoms with van der Waals surface area (Å²) in [4.78, 5) is 14.6. The van der Waals surface area contributed by atoms with Gasteiger partial charge >= 0.3 is 0 Å². The molecule has 0 radical (unpaired) electrons. The van der Waals surface area contributed by atoms with Crippen LogP contribution in [0.4, 0.5) is 0 Å². The average molecular weight is 592 g/mol. The lowest BCUT2D eigenvalue weighted by Gasteiger charge is -2.22. The van der Waals surface area contributed by atoms with Crippen molar-refractivity contribution in [3.63, 3.8) is 0 Å². The summed E-state index contributed by atoms with van der Waals surface area (Å²) in [6.07, 6.45) is 0. The largest absolute Gasteiger partial charge is 0.456 e. The van der Waals surface area contributed by atoms with Crippen molar-refractivity contribution in [2.75, 3.05) is 0 Å².